The van der Waals surface area contributed by atoms with Gasteiger partial charge in [0, 0.05) is 24.2 Å². The Morgan fingerprint density at radius 2 is 1.84 bits per heavy atom. The molecule has 0 aliphatic carbocycles. The van der Waals surface area contributed by atoms with Crippen molar-refractivity contribution in [3.63, 3.8) is 0 Å². The number of methoxy groups -OCH3 is 2. The van der Waals surface area contributed by atoms with E-state index in [2.05, 4.69) is 4.98 Å². The van der Waals surface area contributed by atoms with Crippen LogP contribution in [0.4, 0.5) is 0 Å². The van der Waals surface area contributed by atoms with Gasteiger partial charge in [-0.3, -0.25) is 4.98 Å². The number of ether oxygens (including phenoxy) is 2. The van der Waals surface area contributed by atoms with Crippen molar-refractivity contribution in [3.05, 3.63) is 53.3 Å². The zero-order valence-corrected chi connectivity index (χ0v) is 11.2. The Balaban J connectivity index is 2.18. The lowest BCUT2D eigenvalue weighted by molar-refractivity contribution is 0.407. The van der Waals surface area contributed by atoms with Crippen LogP contribution in [0.3, 0.4) is 0 Å². The molecule has 0 amide bonds. The third-order valence-electron chi connectivity index (χ3n) is 2.99. The van der Waals surface area contributed by atoms with Gasteiger partial charge in [0.15, 0.2) is 0 Å². The first-order valence-electron chi connectivity index (χ1n) is 6.11. The summed E-state index contributed by atoms with van der Waals surface area (Å²) in [5.74, 6) is 1.59. The minimum absolute atomic E-state index is 0.446. The van der Waals surface area contributed by atoms with E-state index in [4.69, 9.17) is 15.2 Å². The average molecular weight is 258 g/mol. The fourth-order valence-corrected chi connectivity index (χ4v) is 1.93. The van der Waals surface area contributed by atoms with E-state index in [1.165, 1.54) is 5.56 Å². The van der Waals surface area contributed by atoms with E-state index in [-0.39, 0.29) is 0 Å². The lowest BCUT2D eigenvalue weighted by atomic mass is 10.1. The summed E-state index contributed by atoms with van der Waals surface area (Å²) < 4.78 is 10.4. The SMILES string of the molecule is COc1ccc(Cc2cc(CN)c(OC)cn2)cc1. The Hall–Kier alpha value is -2.07. The monoisotopic (exact) mass is 258 g/mol. The van der Waals surface area contributed by atoms with Crippen LogP contribution in [0.2, 0.25) is 0 Å². The van der Waals surface area contributed by atoms with Gasteiger partial charge in [-0.25, -0.2) is 0 Å². The molecule has 2 aromatic rings. The molecule has 4 heteroatoms. The number of benzene rings is 1. The maximum absolute atomic E-state index is 5.70. The van der Waals surface area contributed by atoms with Gasteiger partial charge in [0.25, 0.3) is 0 Å². The largest absolute Gasteiger partial charge is 0.497 e. The summed E-state index contributed by atoms with van der Waals surface area (Å²) in [5.41, 5.74) is 8.84. The van der Waals surface area contributed by atoms with E-state index in [0.717, 1.165) is 29.2 Å². The Kier molecular flexibility index (Phi) is 4.36. The zero-order chi connectivity index (χ0) is 13.7. The molecule has 1 heterocycles. The number of rotatable bonds is 5. The first kappa shape index (κ1) is 13.4. The number of aromatic nitrogens is 1. The molecule has 0 radical (unpaired) electrons. The molecule has 2 rings (SSSR count). The summed E-state index contributed by atoms with van der Waals surface area (Å²) in [4.78, 5) is 4.38. The Morgan fingerprint density at radius 1 is 1.11 bits per heavy atom. The number of nitrogens with zero attached hydrogens (tertiary/aromatic N) is 1. The topological polar surface area (TPSA) is 57.4 Å². The molecule has 0 fully saturated rings. The van der Waals surface area contributed by atoms with Crippen molar-refractivity contribution < 1.29 is 9.47 Å². The highest BCUT2D eigenvalue weighted by atomic mass is 16.5. The van der Waals surface area contributed by atoms with E-state index in [9.17, 15) is 0 Å². The van der Waals surface area contributed by atoms with Crippen molar-refractivity contribution in [1.82, 2.24) is 4.98 Å². The molecule has 1 aromatic carbocycles. The van der Waals surface area contributed by atoms with E-state index in [0.29, 0.717) is 6.54 Å². The molecule has 100 valence electrons. The first-order valence-corrected chi connectivity index (χ1v) is 6.11. The normalized spacial score (nSPS) is 10.3. The van der Waals surface area contributed by atoms with Crippen LogP contribution >= 0.6 is 0 Å². The quantitative estimate of drug-likeness (QED) is 0.892. The summed E-state index contributed by atoms with van der Waals surface area (Å²) in [5, 5.41) is 0. The standard InChI is InChI=1S/C15H18N2O2/c1-18-14-5-3-11(4-6-14)7-13-8-12(9-16)15(19-2)10-17-13/h3-6,8,10H,7,9,16H2,1-2H3. The highest BCUT2D eigenvalue weighted by Crippen LogP contribution is 2.19. The molecule has 0 aliphatic heterocycles. The van der Waals surface area contributed by atoms with Gasteiger partial charge in [0.2, 0.25) is 0 Å². The molecular weight excluding hydrogens is 240 g/mol. The van der Waals surface area contributed by atoms with Crippen molar-refractivity contribution in [2.24, 2.45) is 5.73 Å². The van der Waals surface area contributed by atoms with Crippen molar-refractivity contribution in [2.75, 3.05) is 14.2 Å². The number of pyridine rings is 1. The highest BCUT2D eigenvalue weighted by molar-refractivity contribution is 5.35. The van der Waals surface area contributed by atoms with Gasteiger partial charge < -0.3 is 15.2 Å². The predicted octanol–water partition coefficient (Wildman–Crippen LogP) is 2.15. The Labute approximate surface area is 113 Å². The molecule has 0 spiro atoms. The minimum atomic E-state index is 0.446. The van der Waals surface area contributed by atoms with Gasteiger partial charge in [-0.1, -0.05) is 12.1 Å². The molecule has 0 atom stereocenters. The molecule has 0 saturated carbocycles. The summed E-state index contributed by atoms with van der Waals surface area (Å²) >= 11 is 0. The van der Waals surface area contributed by atoms with Crippen molar-refractivity contribution in [2.45, 2.75) is 13.0 Å². The van der Waals surface area contributed by atoms with Crippen molar-refractivity contribution >= 4 is 0 Å². The predicted molar refractivity (Wildman–Crippen MR) is 74.5 cm³/mol. The summed E-state index contributed by atoms with van der Waals surface area (Å²) in [6.45, 7) is 0.446. The molecule has 2 N–H and O–H groups in total. The lowest BCUT2D eigenvalue weighted by Gasteiger charge is -2.08. The summed E-state index contributed by atoms with van der Waals surface area (Å²) in [7, 11) is 3.28. The van der Waals surface area contributed by atoms with Gasteiger partial charge in [0.1, 0.15) is 11.5 Å². The van der Waals surface area contributed by atoms with E-state index in [1.54, 1.807) is 20.4 Å². The molecular formula is C15H18N2O2. The molecule has 0 saturated heterocycles. The smallest absolute Gasteiger partial charge is 0.141 e. The number of hydrogen-bond donors (Lipinski definition) is 1. The zero-order valence-electron chi connectivity index (χ0n) is 11.2. The van der Waals surface area contributed by atoms with E-state index < -0.39 is 0 Å². The lowest BCUT2D eigenvalue weighted by Crippen LogP contribution is -2.03. The molecule has 0 unspecified atom stereocenters. The van der Waals surface area contributed by atoms with Gasteiger partial charge in [0.05, 0.1) is 20.4 Å². The second-order valence-electron chi connectivity index (χ2n) is 4.22. The van der Waals surface area contributed by atoms with Gasteiger partial charge in [-0.2, -0.15) is 0 Å². The van der Waals surface area contributed by atoms with Crippen molar-refractivity contribution in [1.29, 1.82) is 0 Å². The number of hydrogen-bond acceptors (Lipinski definition) is 4. The molecule has 1 aromatic heterocycles. The molecule has 4 nitrogen and oxygen atoms in total. The fraction of sp³-hybridized carbons (Fsp3) is 0.267. The second-order valence-corrected chi connectivity index (χ2v) is 4.22. The minimum Gasteiger partial charge on any atom is -0.497 e. The highest BCUT2D eigenvalue weighted by Gasteiger charge is 2.05. The summed E-state index contributed by atoms with van der Waals surface area (Å²) in [6, 6.07) is 9.95. The van der Waals surface area contributed by atoms with Crippen LogP contribution in [0.15, 0.2) is 36.5 Å². The maximum Gasteiger partial charge on any atom is 0.141 e. The van der Waals surface area contributed by atoms with Crippen LogP contribution in [-0.4, -0.2) is 19.2 Å². The van der Waals surface area contributed by atoms with E-state index >= 15 is 0 Å². The summed E-state index contributed by atoms with van der Waals surface area (Å²) in [6.07, 6.45) is 2.49. The van der Waals surface area contributed by atoms with Crippen LogP contribution in [-0.2, 0) is 13.0 Å². The van der Waals surface area contributed by atoms with E-state index in [1.807, 2.05) is 30.3 Å². The van der Waals surface area contributed by atoms with Crippen LogP contribution in [0.1, 0.15) is 16.8 Å². The number of nitrogens with two attached hydrogens (primary N) is 1. The van der Waals surface area contributed by atoms with Crippen LogP contribution < -0.4 is 15.2 Å². The molecule has 0 bridgehead atoms. The maximum atomic E-state index is 5.70. The Bertz CT molecular complexity index is 538. The Morgan fingerprint density at radius 3 is 2.42 bits per heavy atom. The van der Waals surface area contributed by atoms with Crippen LogP contribution in [0.5, 0.6) is 11.5 Å². The van der Waals surface area contributed by atoms with Gasteiger partial charge in [-0.15, -0.1) is 0 Å². The second kappa shape index (κ2) is 6.20. The van der Waals surface area contributed by atoms with Crippen LogP contribution in [0, 0.1) is 0 Å². The molecule has 19 heavy (non-hydrogen) atoms. The fourth-order valence-electron chi connectivity index (χ4n) is 1.93. The van der Waals surface area contributed by atoms with Gasteiger partial charge in [-0.05, 0) is 23.8 Å². The molecule has 0 aliphatic rings. The first-order chi connectivity index (χ1) is 9.26. The third kappa shape index (κ3) is 3.23. The average Bonchev–Trinajstić information content (AvgIpc) is 2.48. The van der Waals surface area contributed by atoms with Gasteiger partial charge >= 0.3 is 0 Å². The van der Waals surface area contributed by atoms with Crippen molar-refractivity contribution in [3.8, 4) is 11.5 Å². The van der Waals surface area contributed by atoms with Crippen LogP contribution in [0.25, 0.3) is 0 Å². The third-order valence-corrected chi connectivity index (χ3v) is 2.99.